The van der Waals surface area contributed by atoms with Gasteiger partial charge >= 0.3 is 0 Å². The van der Waals surface area contributed by atoms with Crippen LogP contribution in [0.2, 0.25) is 10.0 Å². The summed E-state index contributed by atoms with van der Waals surface area (Å²) in [5.41, 5.74) is 5.04. The molecular formula is C27H28Cl3N7. The van der Waals surface area contributed by atoms with E-state index in [1.165, 1.54) is 19.3 Å². The quantitative estimate of drug-likeness (QED) is 0.252. The predicted octanol–water partition coefficient (Wildman–Crippen LogP) is 6.42. The number of hydrogen-bond donors (Lipinski definition) is 1. The molecule has 1 aliphatic heterocycles. The van der Waals surface area contributed by atoms with E-state index in [1.807, 2.05) is 28.9 Å². The Balaban J connectivity index is 0.00000320. The smallest absolute Gasteiger partial charge is 0.152 e. The maximum atomic E-state index is 8.95. The van der Waals surface area contributed by atoms with Crippen LogP contribution < -0.4 is 5.32 Å². The monoisotopic (exact) mass is 555 g/mol. The highest BCUT2D eigenvalue weighted by Gasteiger charge is 2.16. The zero-order valence-corrected chi connectivity index (χ0v) is 22.7. The molecule has 4 heterocycles. The van der Waals surface area contributed by atoms with E-state index in [0.29, 0.717) is 15.6 Å². The first-order valence-electron chi connectivity index (χ1n) is 12.2. The van der Waals surface area contributed by atoms with Crippen molar-refractivity contribution in [3.8, 4) is 17.3 Å². The molecular weight excluding hydrogens is 529 g/mol. The van der Waals surface area contributed by atoms with Gasteiger partial charge in [0.15, 0.2) is 5.82 Å². The number of halogens is 3. The summed E-state index contributed by atoms with van der Waals surface area (Å²) in [4.78, 5) is 11.8. The van der Waals surface area contributed by atoms with E-state index in [4.69, 9.17) is 38.5 Å². The normalized spacial score (nSPS) is 13.8. The molecule has 10 heteroatoms. The lowest BCUT2D eigenvalue weighted by Gasteiger charge is -2.25. The van der Waals surface area contributed by atoms with Gasteiger partial charge in [-0.15, -0.1) is 12.4 Å². The van der Waals surface area contributed by atoms with Crippen LogP contribution in [-0.4, -0.2) is 44.1 Å². The number of fused-ring (bicyclic) bond motifs is 1. The first-order valence-corrected chi connectivity index (χ1v) is 13.0. The molecule has 0 radical (unpaired) electrons. The molecule has 7 nitrogen and oxygen atoms in total. The summed E-state index contributed by atoms with van der Waals surface area (Å²) < 4.78 is 1.90. The maximum Gasteiger partial charge on any atom is 0.152 e. The number of nitriles is 1. The van der Waals surface area contributed by atoms with E-state index in [1.54, 1.807) is 18.3 Å². The van der Waals surface area contributed by atoms with Crippen LogP contribution in [0.25, 0.3) is 16.8 Å². The highest BCUT2D eigenvalue weighted by Crippen LogP contribution is 2.31. The molecule has 0 aliphatic carbocycles. The Hall–Kier alpha value is -2.89. The highest BCUT2D eigenvalue weighted by atomic mass is 35.5. The zero-order valence-electron chi connectivity index (χ0n) is 20.3. The van der Waals surface area contributed by atoms with Crippen molar-refractivity contribution in [1.29, 1.82) is 5.26 Å². The number of hydrogen-bond acceptors (Lipinski definition) is 6. The van der Waals surface area contributed by atoms with Crippen LogP contribution in [0, 0.1) is 11.3 Å². The van der Waals surface area contributed by atoms with Gasteiger partial charge in [0, 0.05) is 35.6 Å². The second-order valence-corrected chi connectivity index (χ2v) is 9.93. The molecule has 0 saturated carbocycles. The lowest BCUT2D eigenvalue weighted by atomic mass is 10.1. The number of pyridine rings is 1. The predicted molar refractivity (Wildman–Crippen MR) is 151 cm³/mol. The first kappa shape index (κ1) is 27.2. The van der Waals surface area contributed by atoms with E-state index in [2.05, 4.69) is 27.3 Å². The molecule has 37 heavy (non-hydrogen) atoms. The van der Waals surface area contributed by atoms with Crippen molar-refractivity contribution in [3.63, 3.8) is 0 Å². The van der Waals surface area contributed by atoms with Crippen molar-refractivity contribution >= 4 is 46.9 Å². The molecule has 0 spiro atoms. The van der Waals surface area contributed by atoms with E-state index in [0.717, 1.165) is 73.0 Å². The van der Waals surface area contributed by atoms with Crippen molar-refractivity contribution < 1.29 is 0 Å². The average Bonchev–Trinajstić information content (AvgIpc) is 3.30. The molecule has 1 N–H and O–H groups in total. The molecule has 0 bridgehead atoms. The summed E-state index contributed by atoms with van der Waals surface area (Å²) in [6, 6.07) is 13.4. The van der Waals surface area contributed by atoms with Gasteiger partial charge in [0.25, 0.3) is 0 Å². The summed E-state index contributed by atoms with van der Waals surface area (Å²) >= 11 is 12.6. The molecule has 1 fully saturated rings. The van der Waals surface area contributed by atoms with Crippen molar-refractivity contribution in [3.05, 3.63) is 75.8 Å². The minimum atomic E-state index is 0. The summed E-state index contributed by atoms with van der Waals surface area (Å²) in [5.74, 6) is 0.767. The van der Waals surface area contributed by atoms with Gasteiger partial charge in [0.2, 0.25) is 0 Å². The molecule has 3 aromatic heterocycles. The number of likely N-dealkylation sites (tertiary alicyclic amines) is 1. The van der Waals surface area contributed by atoms with Crippen molar-refractivity contribution in [2.45, 2.75) is 38.6 Å². The Morgan fingerprint density at radius 2 is 1.86 bits per heavy atom. The second kappa shape index (κ2) is 12.6. The van der Waals surface area contributed by atoms with Crippen LogP contribution in [0.3, 0.4) is 0 Å². The summed E-state index contributed by atoms with van der Waals surface area (Å²) in [7, 11) is 0. The van der Waals surface area contributed by atoms with Crippen molar-refractivity contribution in [2.24, 2.45) is 0 Å². The minimum Gasteiger partial charge on any atom is -0.368 e. The number of nitrogens with zero attached hydrogens (tertiary/aromatic N) is 6. The Labute approximate surface area is 232 Å². The third-order valence-electron chi connectivity index (χ3n) is 6.40. The van der Waals surface area contributed by atoms with Crippen molar-refractivity contribution in [2.75, 3.05) is 25.0 Å². The topological polar surface area (TPSA) is 82.1 Å². The number of aryl methyl sites for hydroxylation is 1. The summed E-state index contributed by atoms with van der Waals surface area (Å²) in [6.07, 6.45) is 9.01. The van der Waals surface area contributed by atoms with Crippen LogP contribution in [0.5, 0.6) is 0 Å². The zero-order chi connectivity index (χ0) is 24.9. The van der Waals surface area contributed by atoms with Crippen molar-refractivity contribution in [1.82, 2.24) is 24.5 Å². The van der Waals surface area contributed by atoms with Crippen LogP contribution in [0.1, 0.15) is 42.6 Å². The number of anilines is 1. The number of nitrogens with one attached hydrogen (secondary N) is 1. The molecule has 1 aliphatic rings. The van der Waals surface area contributed by atoms with Crippen LogP contribution in [0.4, 0.5) is 5.82 Å². The third-order valence-corrected chi connectivity index (χ3v) is 6.95. The largest absolute Gasteiger partial charge is 0.368 e. The Morgan fingerprint density at radius 3 is 2.59 bits per heavy atom. The highest BCUT2D eigenvalue weighted by molar-refractivity contribution is 6.36. The molecule has 4 aromatic rings. The van der Waals surface area contributed by atoms with E-state index in [9.17, 15) is 0 Å². The Bertz CT molecular complexity index is 1390. The second-order valence-electron chi connectivity index (χ2n) is 9.08. The molecule has 0 unspecified atom stereocenters. The average molecular weight is 557 g/mol. The Kier molecular flexibility index (Phi) is 9.23. The number of piperidine rings is 1. The van der Waals surface area contributed by atoms with Crippen LogP contribution in [0.15, 0.2) is 48.8 Å². The van der Waals surface area contributed by atoms with Gasteiger partial charge < -0.3 is 5.32 Å². The fraction of sp³-hybridized carbons (Fsp3) is 0.333. The minimum absolute atomic E-state index is 0. The number of rotatable bonds is 8. The van der Waals surface area contributed by atoms with Crippen LogP contribution in [-0.2, 0) is 13.0 Å². The van der Waals surface area contributed by atoms with Gasteiger partial charge in [0.1, 0.15) is 11.6 Å². The van der Waals surface area contributed by atoms with Gasteiger partial charge in [-0.05, 0) is 75.2 Å². The van der Waals surface area contributed by atoms with E-state index >= 15 is 0 Å². The maximum absolute atomic E-state index is 8.95. The fourth-order valence-corrected chi connectivity index (χ4v) is 5.04. The molecule has 1 aromatic carbocycles. The van der Waals surface area contributed by atoms with Gasteiger partial charge in [-0.1, -0.05) is 29.6 Å². The lowest BCUT2D eigenvalue weighted by molar-refractivity contribution is 0.218. The van der Waals surface area contributed by atoms with E-state index < -0.39 is 0 Å². The van der Waals surface area contributed by atoms with Gasteiger partial charge in [-0.2, -0.15) is 10.4 Å². The SMILES string of the molecule is Cl.N#Cc1ccc(CCCNc2nc(-c3ccc(Cl)cc3Cl)cn3nc(CN4CCCCC4)cc23)nc1. The lowest BCUT2D eigenvalue weighted by Crippen LogP contribution is -2.29. The first-order chi connectivity index (χ1) is 17.6. The Morgan fingerprint density at radius 1 is 1.03 bits per heavy atom. The molecule has 1 saturated heterocycles. The molecule has 5 rings (SSSR count). The number of benzene rings is 1. The molecule has 0 atom stereocenters. The van der Waals surface area contributed by atoms with Gasteiger partial charge in [-0.25, -0.2) is 9.50 Å². The summed E-state index contributed by atoms with van der Waals surface area (Å²) in [6.45, 7) is 3.79. The van der Waals surface area contributed by atoms with Gasteiger partial charge in [0.05, 0.1) is 28.2 Å². The summed E-state index contributed by atoms with van der Waals surface area (Å²) in [5, 5.41) is 18.5. The molecule has 0 amide bonds. The number of aromatic nitrogens is 4. The molecule has 192 valence electrons. The van der Waals surface area contributed by atoms with Crippen LogP contribution >= 0.6 is 35.6 Å². The van der Waals surface area contributed by atoms with E-state index in [-0.39, 0.29) is 12.4 Å². The van der Waals surface area contributed by atoms with Gasteiger partial charge in [-0.3, -0.25) is 9.88 Å². The standard InChI is InChI=1S/C27H27Cl2N7.ClH/c28-20-7-9-23(24(29)13-20)25-18-36-26(14-22(34-36)17-35-11-2-1-3-12-35)27(33-25)31-10-4-5-21-8-6-19(15-30)16-32-21;/h6-9,13-14,16,18H,1-5,10-12,17H2,(H,31,33);1H. The fourth-order valence-electron chi connectivity index (χ4n) is 4.54. The third kappa shape index (κ3) is 6.71.